The van der Waals surface area contributed by atoms with Crippen LogP contribution in [-0.2, 0) is 9.22 Å². The molecule has 0 aliphatic carbocycles. The highest BCUT2D eigenvalue weighted by Gasteiger charge is 2.50. The number of carbonyl (C=O) groups is 1. The largest absolute Gasteiger partial charge is 0.420 e. The highest BCUT2D eigenvalue weighted by molar-refractivity contribution is 7.80. The van der Waals surface area contributed by atoms with Crippen molar-refractivity contribution in [2.24, 2.45) is 23.2 Å². The molecule has 6 heteroatoms. The minimum Gasteiger partial charge on any atom is -0.420 e. The summed E-state index contributed by atoms with van der Waals surface area (Å²) >= 11 is 5.68. The first kappa shape index (κ1) is 20.2. The molecule has 1 aromatic heterocycles. The lowest BCUT2D eigenvalue weighted by Gasteiger charge is -2.48. The minimum absolute atomic E-state index is 0.000389. The zero-order valence-electron chi connectivity index (χ0n) is 16.1. The van der Waals surface area contributed by atoms with Crippen LogP contribution in [0.2, 0.25) is 13.1 Å². The van der Waals surface area contributed by atoms with E-state index in [1.54, 1.807) is 12.4 Å². The molecule has 1 amide bonds. The molecular formula is C19H30N2O2SSi. The summed E-state index contributed by atoms with van der Waals surface area (Å²) in [5.41, 5.74) is 0.961. The van der Waals surface area contributed by atoms with Crippen molar-refractivity contribution in [1.82, 2.24) is 10.3 Å². The molecule has 2 heterocycles. The number of nitrogens with one attached hydrogen (secondary N) is 1. The molecule has 0 unspecified atom stereocenters. The van der Waals surface area contributed by atoms with Crippen LogP contribution in [0.15, 0.2) is 24.5 Å². The molecule has 0 spiro atoms. The molecule has 2 rings (SSSR count). The van der Waals surface area contributed by atoms with Crippen LogP contribution < -0.4 is 5.32 Å². The van der Waals surface area contributed by atoms with Gasteiger partial charge in [-0.2, -0.15) is 0 Å². The molecule has 0 saturated carbocycles. The van der Waals surface area contributed by atoms with Crippen LogP contribution in [-0.4, -0.2) is 37.4 Å². The number of rotatable bonds is 7. The summed E-state index contributed by atoms with van der Waals surface area (Å²) in [7, 11) is -1.13. The number of thiocarbonyl (C=S) groups is 1. The van der Waals surface area contributed by atoms with Gasteiger partial charge in [0.2, 0.25) is 5.91 Å². The summed E-state index contributed by atoms with van der Waals surface area (Å²) in [6.07, 6.45) is 3.54. The normalized spacial score (nSPS) is 22.9. The summed E-state index contributed by atoms with van der Waals surface area (Å²) in [4.78, 5) is 17.4. The van der Waals surface area contributed by atoms with E-state index in [0.29, 0.717) is 6.61 Å². The van der Waals surface area contributed by atoms with Crippen LogP contribution in [0, 0.1) is 23.2 Å². The van der Waals surface area contributed by atoms with Gasteiger partial charge < -0.3 is 9.74 Å². The summed E-state index contributed by atoms with van der Waals surface area (Å²) in [6.45, 7) is 13.6. The predicted molar refractivity (Wildman–Crippen MR) is 108 cm³/mol. The maximum atomic E-state index is 12.4. The monoisotopic (exact) mass is 378 g/mol. The second-order valence-corrected chi connectivity index (χ2v) is 11.2. The van der Waals surface area contributed by atoms with Crippen LogP contribution in [0.3, 0.4) is 0 Å². The van der Waals surface area contributed by atoms with Crippen molar-refractivity contribution in [1.29, 1.82) is 0 Å². The van der Waals surface area contributed by atoms with Gasteiger partial charge in [-0.3, -0.25) is 9.78 Å². The fourth-order valence-corrected chi connectivity index (χ4v) is 4.27. The van der Waals surface area contributed by atoms with Gasteiger partial charge in [-0.05, 0) is 30.5 Å². The Bertz CT molecular complexity index is 616. The molecule has 4 atom stereocenters. The van der Waals surface area contributed by atoms with Gasteiger partial charge in [-0.15, -0.1) is 0 Å². The highest BCUT2D eigenvalue weighted by atomic mass is 32.1. The van der Waals surface area contributed by atoms with Crippen LogP contribution in [0.4, 0.5) is 0 Å². The summed E-state index contributed by atoms with van der Waals surface area (Å²) in [6, 6.07) is 3.93. The van der Waals surface area contributed by atoms with Crippen LogP contribution >= 0.6 is 12.2 Å². The zero-order valence-corrected chi connectivity index (χ0v) is 18.0. The average molecular weight is 379 g/mol. The number of pyridine rings is 1. The second kappa shape index (κ2) is 8.06. The van der Waals surface area contributed by atoms with Crippen molar-refractivity contribution in [3.05, 3.63) is 30.1 Å². The molecular weight excluding hydrogens is 348 g/mol. The van der Waals surface area contributed by atoms with Gasteiger partial charge in [-0.1, -0.05) is 46.0 Å². The molecule has 4 nitrogen and oxygen atoms in total. The van der Waals surface area contributed by atoms with E-state index in [4.69, 9.17) is 16.6 Å². The lowest BCUT2D eigenvalue weighted by molar-refractivity contribution is -0.143. The standard InChI is InChI=1S/C19H30N2O2SSi/c1-12(17(24)13-8-7-9-20-10-13)16-15(18(22)21-16)14(19(2,3)4)11-23-25(5)6/h7-10,12,14-16,25H,11H2,1-6H3,(H,21,22)/t12-,14-,15+,16-/m1/s1. The summed E-state index contributed by atoms with van der Waals surface area (Å²) < 4.78 is 6.02. The number of β-lactam (4-membered cyclic amide) rings is 1. The lowest BCUT2D eigenvalue weighted by Crippen LogP contribution is -2.66. The third kappa shape index (κ3) is 4.74. The van der Waals surface area contributed by atoms with E-state index in [-0.39, 0.29) is 35.1 Å². The van der Waals surface area contributed by atoms with Gasteiger partial charge in [0.15, 0.2) is 9.04 Å². The number of carbonyl (C=O) groups excluding carboxylic acids is 1. The number of aromatic nitrogens is 1. The Labute approximate surface area is 158 Å². The Morgan fingerprint density at radius 3 is 2.60 bits per heavy atom. The van der Waals surface area contributed by atoms with Crippen molar-refractivity contribution in [3.8, 4) is 0 Å². The molecule has 0 bridgehead atoms. The van der Waals surface area contributed by atoms with E-state index in [1.165, 1.54) is 0 Å². The Kier molecular flexibility index (Phi) is 6.51. The molecule has 0 aromatic carbocycles. The Morgan fingerprint density at radius 2 is 2.12 bits per heavy atom. The van der Waals surface area contributed by atoms with Gasteiger partial charge in [0, 0.05) is 41.4 Å². The van der Waals surface area contributed by atoms with E-state index >= 15 is 0 Å². The maximum Gasteiger partial charge on any atom is 0.225 e. The molecule has 138 valence electrons. The van der Waals surface area contributed by atoms with E-state index in [1.807, 2.05) is 12.1 Å². The highest BCUT2D eigenvalue weighted by Crippen LogP contribution is 2.40. The Balaban J connectivity index is 2.18. The van der Waals surface area contributed by atoms with Crippen molar-refractivity contribution in [2.45, 2.75) is 46.8 Å². The fraction of sp³-hybridized carbons (Fsp3) is 0.632. The first-order chi connectivity index (χ1) is 11.6. The second-order valence-electron chi connectivity index (χ2n) is 8.31. The molecule has 1 N–H and O–H groups in total. The minimum atomic E-state index is -1.13. The molecule has 25 heavy (non-hydrogen) atoms. The summed E-state index contributed by atoms with van der Waals surface area (Å²) in [5, 5.41) is 3.09. The molecule has 1 fully saturated rings. The van der Waals surface area contributed by atoms with Gasteiger partial charge in [0.05, 0.1) is 5.92 Å². The lowest BCUT2D eigenvalue weighted by atomic mass is 9.64. The van der Waals surface area contributed by atoms with Crippen molar-refractivity contribution >= 4 is 32.0 Å². The molecule has 1 saturated heterocycles. The van der Waals surface area contributed by atoms with Crippen molar-refractivity contribution in [2.75, 3.05) is 6.61 Å². The third-order valence-corrected chi connectivity index (χ3v) is 6.52. The first-order valence-electron chi connectivity index (χ1n) is 8.99. The van der Waals surface area contributed by atoms with Crippen LogP contribution in [0.25, 0.3) is 0 Å². The Hall–Kier alpha value is -1.11. The van der Waals surface area contributed by atoms with E-state index < -0.39 is 9.04 Å². The third-order valence-electron chi connectivity index (χ3n) is 5.05. The van der Waals surface area contributed by atoms with Gasteiger partial charge in [0.1, 0.15) is 0 Å². The topological polar surface area (TPSA) is 51.2 Å². The smallest absolute Gasteiger partial charge is 0.225 e. The van der Waals surface area contributed by atoms with E-state index in [2.05, 4.69) is 51.1 Å². The van der Waals surface area contributed by atoms with Crippen molar-refractivity contribution in [3.63, 3.8) is 0 Å². The molecule has 1 aromatic rings. The maximum absolute atomic E-state index is 12.4. The van der Waals surface area contributed by atoms with E-state index in [0.717, 1.165) is 10.4 Å². The predicted octanol–water partition coefficient (Wildman–Crippen LogP) is 3.21. The molecule has 1 aliphatic rings. The quantitative estimate of drug-likeness (QED) is 0.343. The number of nitrogens with zero attached hydrogens (tertiary/aromatic N) is 1. The number of hydrogen-bond acceptors (Lipinski definition) is 4. The first-order valence-corrected chi connectivity index (χ1v) is 12.2. The van der Waals surface area contributed by atoms with Gasteiger partial charge in [-0.25, -0.2) is 0 Å². The van der Waals surface area contributed by atoms with Crippen molar-refractivity contribution < 1.29 is 9.22 Å². The van der Waals surface area contributed by atoms with Crippen LogP contribution in [0.5, 0.6) is 0 Å². The number of hydrogen-bond donors (Lipinski definition) is 1. The average Bonchev–Trinajstić information content (AvgIpc) is 2.54. The molecule has 0 radical (unpaired) electrons. The fourth-order valence-electron chi connectivity index (χ4n) is 3.41. The SMILES string of the molecule is C[C@@H](C(=S)c1cccnc1)[C@H]1NC(=O)[C@H]1[C@@H](CO[SiH](C)C)C(C)(C)C. The van der Waals surface area contributed by atoms with Crippen LogP contribution in [0.1, 0.15) is 33.3 Å². The zero-order chi connectivity index (χ0) is 18.8. The van der Waals surface area contributed by atoms with Gasteiger partial charge in [0.25, 0.3) is 0 Å². The van der Waals surface area contributed by atoms with Gasteiger partial charge >= 0.3 is 0 Å². The number of amides is 1. The van der Waals surface area contributed by atoms with E-state index in [9.17, 15) is 4.79 Å². The summed E-state index contributed by atoms with van der Waals surface area (Å²) in [5.74, 6) is 0.334. The molecule has 1 aliphatic heterocycles. The Morgan fingerprint density at radius 1 is 1.44 bits per heavy atom.